The summed E-state index contributed by atoms with van der Waals surface area (Å²) in [6.45, 7) is 14.8. The Kier molecular flexibility index (Phi) is 21.0. The number of ether oxygens (including phenoxy) is 3. The molecule has 4 rings (SSSR count). The van der Waals surface area contributed by atoms with E-state index in [4.69, 9.17) is 14.2 Å². The number of nitrogens with one attached hydrogen (secondary N) is 2. The molecule has 0 bridgehead atoms. The first kappa shape index (κ1) is 55.0. The topological polar surface area (TPSA) is 200 Å². The number of rotatable bonds is 23. The van der Waals surface area contributed by atoms with Crippen molar-refractivity contribution in [2.24, 2.45) is 29.6 Å². The number of hydrogen-bond acceptors (Lipinski definition) is 12. The standard InChI is InChI=1S/C49H77N7O10S/c1-13-31(6)42(54(10)47(60)40(29(2)3)52-45(59)41(30(4)5)53(8)9)38(64-11)28-39(57)56-23-14-15-37(56)43(65-12)32(7)44(58)51-36(46-50-22-26-67-46)27-33-16-18-35(19-17-33)66-49(63)55-24-20-34(21-25-55)48(61)62/h16-19,22,26,29-32,34,36-38,40-43H,13-15,20-21,23-25,27-28H2,1-12H3,(H,51,58)(H,52,59)(H,61,62)/t31-,32+,36-,37-,38+,40-,41-,42-,43+/m0/s1. The maximum absolute atomic E-state index is 14.4. The Balaban J connectivity index is 1.44. The monoisotopic (exact) mass is 956 g/mol. The molecule has 9 atom stereocenters. The minimum Gasteiger partial charge on any atom is -0.481 e. The SMILES string of the molecule is CC[C@H](C)[C@@H]([C@@H](CC(=O)N1CCC[C@H]1[C@H](OC)[C@@H](C)C(=O)N[C@@H](Cc1ccc(OC(=O)N2CCC(C(=O)O)CC2)cc1)c1nccs1)OC)N(C)C(=O)[C@@H](NC(=O)[C@H](C(C)C)N(C)C)C(C)C. The van der Waals surface area contributed by atoms with Crippen molar-refractivity contribution in [3.05, 3.63) is 46.4 Å². The number of nitrogens with zero attached hydrogens (tertiary/aromatic N) is 5. The lowest BCUT2D eigenvalue weighted by atomic mass is 9.89. The van der Waals surface area contributed by atoms with Crippen molar-refractivity contribution in [1.29, 1.82) is 0 Å². The molecular formula is C49H77N7O10S. The summed E-state index contributed by atoms with van der Waals surface area (Å²) in [5.41, 5.74) is 0.871. The number of benzene rings is 1. The lowest BCUT2D eigenvalue weighted by molar-refractivity contribution is -0.148. The Bertz CT molecular complexity index is 1920. The molecule has 18 heteroatoms. The summed E-state index contributed by atoms with van der Waals surface area (Å²) in [6, 6.07) is 4.50. The molecular weight excluding hydrogens is 879 g/mol. The van der Waals surface area contributed by atoms with E-state index in [9.17, 15) is 33.9 Å². The molecule has 0 unspecified atom stereocenters. The number of carboxylic acid groups (broad SMARTS) is 1. The molecule has 2 fully saturated rings. The first-order chi connectivity index (χ1) is 31.7. The number of carbonyl (C=O) groups is 6. The van der Waals surface area contributed by atoms with E-state index in [2.05, 4.69) is 15.6 Å². The Morgan fingerprint density at radius 2 is 1.54 bits per heavy atom. The van der Waals surface area contributed by atoms with Crippen LogP contribution in [-0.2, 0) is 39.9 Å². The highest BCUT2D eigenvalue weighted by atomic mass is 32.1. The number of piperidine rings is 1. The number of amides is 5. The molecule has 5 amide bonds. The number of carbonyl (C=O) groups excluding carboxylic acids is 5. The van der Waals surface area contributed by atoms with Crippen LogP contribution in [0.5, 0.6) is 5.75 Å². The van der Waals surface area contributed by atoms with Gasteiger partial charge in [0.05, 0.1) is 54.6 Å². The molecule has 3 N–H and O–H groups in total. The van der Waals surface area contributed by atoms with Gasteiger partial charge < -0.3 is 44.7 Å². The highest BCUT2D eigenvalue weighted by Crippen LogP contribution is 2.31. The minimum atomic E-state index is -0.850. The average Bonchev–Trinajstić information content (AvgIpc) is 4.02. The number of aromatic nitrogens is 1. The second kappa shape index (κ2) is 25.6. The van der Waals surface area contributed by atoms with E-state index in [1.54, 1.807) is 56.3 Å². The molecule has 2 aliphatic heterocycles. The van der Waals surface area contributed by atoms with Gasteiger partial charge in [-0.25, -0.2) is 9.78 Å². The smallest absolute Gasteiger partial charge is 0.415 e. The summed E-state index contributed by atoms with van der Waals surface area (Å²) < 4.78 is 17.7. The Morgan fingerprint density at radius 3 is 2.06 bits per heavy atom. The third kappa shape index (κ3) is 14.4. The van der Waals surface area contributed by atoms with Crippen molar-refractivity contribution in [1.82, 2.24) is 35.2 Å². The maximum atomic E-state index is 14.4. The van der Waals surface area contributed by atoms with Crippen molar-refractivity contribution in [2.75, 3.05) is 55.0 Å². The largest absolute Gasteiger partial charge is 0.481 e. The number of methoxy groups -OCH3 is 2. The second-order valence-corrected chi connectivity index (χ2v) is 20.1. The van der Waals surface area contributed by atoms with Crippen LogP contribution in [0.2, 0.25) is 0 Å². The van der Waals surface area contributed by atoms with Crippen LogP contribution in [-0.4, -0.2) is 157 Å². The predicted molar refractivity (Wildman–Crippen MR) is 256 cm³/mol. The highest BCUT2D eigenvalue weighted by Gasteiger charge is 2.43. The zero-order valence-corrected chi connectivity index (χ0v) is 42.5. The predicted octanol–water partition coefficient (Wildman–Crippen LogP) is 5.49. The van der Waals surface area contributed by atoms with Gasteiger partial charge in [0, 0.05) is 52.5 Å². The first-order valence-electron chi connectivity index (χ1n) is 23.8. The van der Waals surface area contributed by atoms with Crippen molar-refractivity contribution < 1.29 is 48.1 Å². The summed E-state index contributed by atoms with van der Waals surface area (Å²) in [5.74, 6) is -2.71. The van der Waals surface area contributed by atoms with Gasteiger partial charge in [-0.1, -0.05) is 67.0 Å². The van der Waals surface area contributed by atoms with Gasteiger partial charge in [-0.15, -0.1) is 11.3 Å². The number of hydrogen-bond donors (Lipinski definition) is 3. The van der Waals surface area contributed by atoms with Crippen LogP contribution in [0.25, 0.3) is 0 Å². The minimum absolute atomic E-state index is 0.000968. The lowest BCUT2D eigenvalue weighted by Gasteiger charge is -2.41. The summed E-state index contributed by atoms with van der Waals surface area (Å²) >= 11 is 1.42. The van der Waals surface area contributed by atoms with Crippen LogP contribution >= 0.6 is 11.3 Å². The average molecular weight is 956 g/mol. The van der Waals surface area contributed by atoms with Crippen LogP contribution in [0, 0.1) is 29.6 Å². The van der Waals surface area contributed by atoms with Crippen LogP contribution < -0.4 is 15.4 Å². The summed E-state index contributed by atoms with van der Waals surface area (Å²) in [4.78, 5) is 92.0. The summed E-state index contributed by atoms with van der Waals surface area (Å²) in [7, 11) is 8.55. The van der Waals surface area contributed by atoms with Gasteiger partial charge in [-0.3, -0.25) is 28.9 Å². The molecule has 0 radical (unpaired) electrons. The van der Waals surface area contributed by atoms with Gasteiger partial charge >= 0.3 is 12.1 Å². The van der Waals surface area contributed by atoms with Crippen molar-refractivity contribution in [2.45, 2.75) is 136 Å². The van der Waals surface area contributed by atoms with Gasteiger partial charge in [0.25, 0.3) is 0 Å². The third-order valence-electron chi connectivity index (χ3n) is 13.7. The van der Waals surface area contributed by atoms with Crippen LogP contribution in [0.1, 0.15) is 104 Å². The van der Waals surface area contributed by atoms with E-state index in [1.807, 2.05) is 78.1 Å². The van der Waals surface area contributed by atoms with Crippen molar-refractivity contribution >= 4 is 47.0 Å². The Hall–Kier alpha value is -4.65. The molecule has 374 valence electrons. The maximum Gasteiger partial charge on any atom is 0.415 e. The molecule has 17 nitrogen and oxygen atoms in total. The van der Waals surface area contributed by atoms with Crippen molar-refractivity contribution in [3.8, 4) is 5.75 Å². The van der Waals surface area contributed by atoms with Gasteiger partial charge in [0.2, 0.25) is 23.6 Å². The molecule has 67 heavy (non-hydrogen) atoms. The van der Waals surface area contributed by atoms with E-state index >= 15 is 0 Å². The lowest BCUT2D eigenvalue weighted by Crippen LogP contribution is -2.59. The van der Waals surface area contributed by atoms with E-state index in [0.29, 0.717) is 56.1 Å². The van der Waals surface area contributed by atoms with Gasteiger partial charge in [-0.05, 0) is 81.6 Å². The van der Waals surface area contributed by atoms with Crippen LogP contribution in [0.3, 0.4) is 0 Å². The fourth-order valence-electron chi connectivity index (χ4n) is 9.72. The summed E-state index contributed by atoms with van der Waals surface area (Å²) in [6.07, 6.45) is 3.12. The normalized spacial score (nSPS) is 19.3. The fraction of sp³-hybridized carbons (Fsp3) is 0.694. The molecule has 0 spiro atoms. The van der Waals surface area contributed by atoms with Crippen LogP contribution in [0.15, 0.2) is 35.8 Å². The first-order valence-corrected chi connectivity index (χ1v) is 24.7. The number of aliphatic carboxylic acids is 1. The Morgan fingerprint density at radius 1 is 0.881 bits per heavy atom. The molecule has 0 aliphatic carbocycles. The van der Waals surface area contributed by atoms with Gasteiger partial charge in [0.15, 0.2) is 0 Å². The number of likely N-dealkylation sites (N-methyl/N-ethyl adjacent to an activating group) is 2. The van der Waals surface area contributed by atoms with Gasteiger partial charge in [0.1, 0.15) is 16.8 Å². The zero-order valence-electron chi connectivity index (χ0n) is 41.7. The van der Waals surface area contributed by atoms with Crippen LogP contribution in [0.4, 0.5) is 4.79 Å². The molecule has 0 saturated carbocycles. The van der Waals surface area contributed by atoms with E-state index in [1.165, 1.54) is 16.2 Å². The van der Waals surface area contributed by atoms with E-state index in [0.717, 1.165) is 18.4 Å². The van der Waals surface area contributed by atoms with Gasteiger partial charge in [-0.2, -0.15) is 0 Å². The Labute approximate surface area is 401 Å². The van der Waals surface area contributed by atoms with E-state index < -0.39 is 60.3 Å². The fourth-order valence-corrected chi connectivity index (χ4v) is 10.4. The quantitative estimate of drug-likeness (QED) is 0.127. The number of likely N-dealkylation sites (tertiary alicyclic amines) is 2. The molecule has 2 aromatic rings. The molecule has 3 heterocycles. The van der Waals surface area contributed by atoms with E-state index in [-0.39, 0.29) is 53.8 Å². The molecule has 1 aromatic heterocycles. The summed E-state index contributed by atoms with van der Waals surface area (Å²) in [5, 5.41) is 18.1. The molecule has 1 aromatic carbocycles. The highest BCUT2D eigenvalue weighted by molar-refractivity contribution is 7.09. The molecule has 2 aliphatic rings. The van der Waals surface area contributed by atoms with Crippen molar-refractivity contribution in [3.63, 3.8) is 0 Å². The molecule has 2 saturated heterocycles. The zero-order chi connectivity index (χ0) is 49.7. The number of thiazole rings is 1. The third-order valence-corrected chi connectivity index (χ3v) is 14.6. The second-order valence-electron chi connectivity index (χ2n) is 19.2. The number of carboxylic acids is 1.